The Hall–Kier alpha value is -1.18. The minimum absolute atomic E-state index is 0.364. The van der Waals surface area contributed by atoms with Crippen molar-refractivity contribution in [1.29, 1.82) is 0 Å². The van der Waals surface area contributed by atoms with Crippen LogP contribution in [0, 0.1) is 13.8 Å². The number of rotatable bonds is 10. The van der Waals surface area contributed by atoms with Crippen molar-refractivity contribution in [3.05, 3.63) is 23.3 Å². The summed E-state index contributed by atoms with van der Waals surface area (Å²) in [6, 6.07) is 4.46. The van der Waals surface area contributed by atoms with Crippen LogP contribution in [0.2, 0.25) is 0 Å². The zero-order valence-electron chi connectivity index (χ0n) is 15.7. The molecular weight excluding hydrogens is 332 g/mol. The smallest absolute Gasteiger partial charge is 0.141 e. The summed E-state index contributed by atoms with van der Waals surface area (Å²) in [5, 5.41) is 3.59. The molecule has 142 valence electrons. The highest BCUT2D eigenvalue weighted by Crippen LogP contribution is 2.40. The first-order valence-corrected chi connectivity index (χ1v) is 9.80. The molecule has 4 aliphatic heterocycles. The fraction of sp³-hybridized carbons (Fsp3) is 0.700. The second kappa shape index (κ2) is 6.46. The van der Waals surface area contributed by atoms with Crippen LogP contribution in [0.4, 0.5) is 11.4 Å². The average molecular weight is 361 g/mol. The van der Waals surface area contributed by atoms with Crippen LogP contribution in [-0.2, 0) is 18.9 Å². The minimum Gasteiger partial charge on any atom is -0.382 e. The molecule has 1 N–H and O–H groups in total. The molecule has 0 bridgehead atoms. The Bertz CT molecular complexity index is 643. The molecule has 4 aliphatic rings. The second-order valence-electron chi connectivity index (χ2n) is 8.30. The summed E-state index contributed by atoms with van der Waals surface area (Å²) in [4.78, 5) is 0. The predicted octanol–water partition coefficient (Wildman–Crippen LogP) is 1.62. The molecule has 4 atom stereocenters. The molecule has 0 aromatic heterocycles. The molecule has 0 amide bonds. The van der Waals surface area contributed by atoms with Crippen molar-refractivity contribution < 1.29 is 18.9 Å². The van der Waals surface area contributed by atoms with E-state index in [4.69, 9.17) is 18.9 Å². The highest BCUT2D eigenvalue weighted by atomic mass is 16.6. The maximum absolute atomic E-state index is 5.66. The number of ether oxygens (including phenoxy) is 4. The number of quaternary nitrogens is 1. The quantitative estimate of drug-likeness (QED) is 0.507. The van der Waals surface area contributed by atoms with Crippen molar-refractivity contribution >= 4 is 11.4 Å². The van der Waals surface area contributed by atoms with Gasteiger partial charge < -0.3 is 24.3 Å². The Balaban J connectivity index is 1.51. The fourth-order valence-electron chi connectivity index (χ4n) is 4.35. The van der Waals surface area contributed by atoms with Crippen LogP contribution in [0.15, 0.2) is 12.1 Å². The lowest BCUT2D eigenvalue weighted by Gasteiger charge is -2.39. The molecule has 6 heteroatoms. The molecule has 4 unspecified atom stereocenters. The van der Waals surface area contributed by atoms with E-state index in [2.05, 4.69) is 31.3 Å². The Morgan fingerprint density at radius 3 is 1.81 bits per heavy atom. The molecule has 4 heterocycles. The standard InChI is InChI=1S/C20H29N2O4/c1-13-3-4-19(21-5-15-9-23-15)14(2)20(13)22(6-16-10-24-16,7-17-11-25-17)8-18-12-26-18/h3-4,15-18,21H,5-12H2,1-2H3/q+1. The molecule has 26 heavy (non-hydrogen) atoms. The minimum atomic E-state index is 0.364. The van der Waals surface area contributed by atoms with Crippen LogP contribution < -0.4 is 9.80 Å². The van der Waals surface area contributed by atoms with Crippen LogP contribution >= 0.6 is 0 Å². The number of nitrogens with one attached hydrogen (secondary N) is 1. The summed E-state index contributed by atoms with van der Waals surface area (Å²) in [5.41, 5.74) is 5.33. The SMILES string of the molecule is Cc1ccc(NCC2CO2)c(C)c1[N+](CC1CO1)(CC1CO1)CC1CO1. The molecule has 0 spiro atoms. The molecule has 0 radical (unpaired) electrons. The zero-order chi connectivity index (χ0) is 17.7. The van der Waals surface area contributed by atoms with E-state index in [9.17, 15) is 0 Å². The van der Waals surface area contributed by atoms with Gasteiger partial charge in [-0.25, -0.2) is 0 Å². The molecule has 1 aromatic rings. The number of benzene rings is 1. The lowest BCUT2D eigenvalue weighted by Crippen LogP contribution is -2.57. The van der Waals surface area contributed by atoms with Gasteiger partial charge in [0.15, 0.2) is 0 Å². The highest BCUT2D eigenvalue weighted by Gasteiger charge is 2.48. The monoisotopic (exact) mass is 361 g/mol. The molecule has 1 aromatic carbocycles. The van der Waals surface area contributed by atoms with Gasteiger partial charge in [0.1, 0.15) is 43.6 Å². The number of anilines is 1. The van der Waals surface area contributed by atoms with E-state index in [1.807, 2.05) is 0 Å². The second-order valence-corrected chi connectivity index (χ2v) is 8.30. The molecule has 0 aliphatic carbocycles. The molecular formula is C20H29N2O4+. The normalized spacial score (nSPS) is 33.5. The first-order valence-electron chi connectivity index (χ1n) is 9.80. The third kappa shape index (κ3) is 3.75. The Kier molecular flexibility index (Phi) is 4.21. The topological polar surface area (TPSA) is 62.1 Å². The van der Waals surface area contributed by atoms with Crippen molar-refractivity contribution in [3.8, 4) is 0 Å². The van der Waals surface area contributed by atoms with E-state index >= 15 is 0 Å². The summed E-state index contributed by atoms with van der Waals surface area (Å²) < 4.78 is 23.2. The summed E-state index contributed by atoms with van der Waals surface area (Å²) >= 11 is 0. The van der Waals surface area contributed by atoms with Crippen LogP contribution in [-0.4, -0.2) is 77.0 Å². The average Bonchev–Trinajstić information content (AvgIpc) is 3.43. The van der Waals surface area contributed by atoms with Gasteiger partial charge in [0, 0.05) is 23.4 Å². The lowest BCUT2D eigenvalue weighted by molar-refractivity contribution is 0.201. The van der Waals surface area contributed by atoms with Crippen LogP contribution in [0.3, 0.4) is 0 Å². The number of hydrogen-bond acceptors (Lipinski definition) is 5. The van der Waals surface area contributed by atoms with E-state index in [1.165, 1.54) is 22.5 Å². The van der Waals surface area contributed by atoms with E-state index in [1.54, 1.807) is 0 Å². The van der Waals surface area contributed by atoms with Gasteiger partial charge >= 0.3 is 0 Å². The largest absolute Gasteiger partial charge is 0.382 e. The van der Waals surface area contributed by atoms with Crippen LogP contribution in [0.5, 0.6) is 0 Å². The van der Waals surface area contributed by atoms with Crippen LogP contribution in [0.25, 0.3) is 0 Å². The van der Waals surface area contributed by atoms with E-state index in [0.29, 0.717) is 24.4 Å². The van der Waals surface area contributed by atoms with Crippen molar-refractivity contribution in [2.24, 2.45) is 0 Å². The van der Waals surface area contributed by atoms with Gasteiger partial charge in [-0.2, -0.15) is 0 Å². The third-order valence-corrected chi connectivity index (χ3v) is 5.90. The molecule has 0 saturated carbocycles. The van der Waals surface area contributed by atoms with Crippen molar-refractivity contribution in [2.75, 3.05) is 57.9 Å². The Morgan fingerprint density at radius 1 is 0.846 bits per heavy atom. The predicted molar refractivity (Wildman–Crippen MR) is 99.8 cm³/mol. The first-order chi connectivity index (χ1) is 12.6. The van der Waals surface area contributed by atoms with Gasteiger partial charge in [0.25, 0.3) is 0 Å². The van der Waals surface area contributed by atoms with Gasteiger partial charge in [-0.3, -0.25) is 4.48 Å². The summed E-state index contributed by atoms with van der Waals surface area (Å²) in [6.07, 6.45) is 1.46. The molecule has 4 saturated heterocycles. The van der Waals surface area contributed by atoms with Gasteiger partial charge in [-0.05, 0) is 19.9 Å². The Labute approximate surface area is 154 Å². The number of nitrogens with zero attached hydrogens (tertiary/aromatic N) is 1. The highest BCUT2D eigenvalue weighted by molar-refractivity contribution is 5.68. The van der Waals surface area contributed by atoms with E-state index in [0.717, 1.165) is 57.1 Å². The number of epoxide rings is 4. The van der Waals surface area contributed by atoms with Crippen LogP contribution in [0.1, 0.15) is 11.1 Å². The van der Waals surface area contributed by atoms with Gasteiger partial charge in [-0.1, -0.05) is 6.07 Å². The Morgan fingerprint density at radius 2 is 1.35 bits per heavy atom. The number of aryl methyl sites for hydroxylation is 1. The van der Waals surface area contributed by atoms with Crippen molar-refractivity contribution in [3.63, 3.8) is 0 Å². The summed E-state index contributed by atoms with van der Waals surface area (Å²) in [5.74, 6) is 0. The number of hydrogen-bond donors (Lipinski definition) is 1. The lowest BCUT2D eigenvalue weighted by atomic mass is 10.0. The molecule has 4 fully saturated rings. The maximum atomic E-state index is 5.66. The summed E-state index contributed by atoms with van der Waals surface area (Å²) in [7, 11) is 0. The zero-order valence-corrected chi connectivity index (χ0v) is 15.7. The van der Waals surface area contributed by atoms with Gasteiger partial charge in [0.05, 0.1) is 32.5 Å². The fourth-order valence-corrected chi connectivity index (χ4v) is 4.35. The van der Waals surface area contributed by atoms with Gasteiger partial charge in [0.2, 0.25) is 0 Å². The van der Waals surface area contributed by atoms with Gasteiger partial charge in [-0.15, -0.1) is 0 Å². The maximum Gasteiger partial charge on any atom is 0.141 e. The van der Waals surface area contributed by atoms with Crippen molar-refractivity contribution in [1.82, 2.24) is 4.48 Å². The van der Waals surface area contributed by atoms with E-state index < -0.39 is 0 Å². The van der Waals surface area contributed by atoms with E-state index in [-0.39, 0.29) is 0 Å². The first kappa shape index (κ1) is 17.0. The third-order valence-electron chi connectivity index (χ3n) is 5.90. The molecule has 6 nitrogen and oxygen atoms in total. The van der Waals surface area contributed by atoms with Crippen molar-refractivity contribution in [2.45, 2.75) is 38.3 Å². The molecule has 5 rings (SSSR count). The summed E-state index contributed by atoms with van der Waals surface area (Å²) in [6.45, 7) is 11.9.